The molecule has 1 aliphatic rings. The van der Waals surface area contributed by atoms with E-state index >= 15 is 0 Å². The maximum atomic E-state index is 12.0. The van der Waals surface area contributed by atoms with Crippen LogP contribution in [0.1, 0.15) is 46.1 Å². The molecule has 1 fully saturated rings. The fourth-order valence-electron chi connectivity index (χ4n) is 3.94. The first-order chi connectivity index (χ1) is 14.5. The highest BCUT2D eigenvalue weighted by Crippen LogP contribution is 2.28. The van der Waals surface area contributed by atoms with Gasteiger partial charge in [-0.05, 0) is 74.3 Å². The van der Waals surface area contributed by atoms with Crippen LogP contribution in [0.4, 0.5) is 5.69 Å². The van der Waals surface area contributed by atoms with Crippen molar-refractivity contribution in [2.24, 2.45) is 0 Å². The molecule has 0 radical (unpaired) electrons. The quantitative estimate of drug-likeness (QED) is 0.477. The first-order valence-electron chi connectivity index (χ1n) is 10.2. The number of nitrogens with zero attached hydrogens (tertiary/aromatic N) is 2. The van der Waals surface area contributed by atoms with Crippen molar-refractivity contribution in [1.29, 1.82) is 0 Å². The van der Waals surface area contributed by atoms with Gasteiger partial charge in [0.05, 0.1) is 29.4 Å². The lowest BCUT2D eigenvalue weighted by atomic mass is 9.98. The Bertz CT molecular complexity index is 1070. The van der Waals surface area contributed by atoms with Crippen LogP contribution >= 0.6 is 12.2 Å². The lowest BCUT2D eigenvalue weighted by molar-refractivity contribution is 0.0602. The van der Waals surface area contributed by atoms with Crippen LogP contribution in [0.3, 0.4) is 0 Å². The number of methoxy groups -OCH3 is 1. The molecule has 1 saturated heterocycles. The van der Waals surface area contributed by atoms with Gasteiger partial charge in [0.15, 0.2) is 5.11 Å². The number of anilines is 1. The Kier molecular flexibility index (Phi) is 5.72. The number of benzene rings is 2. The molecule has 0 unspecified atom stereocenters. The number of nitrogens with one attached hydrogen (secondary N) is 2. The van der Waals surface area contributed by atoms with Crippen molar-refractivity contribution in [1.82, 2.24) is 14.9 Å². The zero-order chi connectivity index (χ0) is 21.3. The third kappa shape index (κ3) is 4.03. The van der Waals surface area contributed by atoms with E-state index in [4.69, 9.17) is 21.9 Å². The summed E-state index contributed by atoms with van der Waals surface area (Å²) in [6.07, 6.45) is 2.09. The Morgan fingerprint density at radius 1 is 1.27 bits per heavy atom. The Hall–Kier alpha value is -2.93. The molecule has 30 heavy (non-hydrogen) atoms. The molecular formula is C23H26N4O2S. The molecule has 0 spiro atoms. The van der Waals surface area contributed by atoms with Crippen LogP contribution in [0, 0.1) is 13.8 Å². The third-order valence-electron chi connectivity index (χ3n) is 5.78. The number of fused-ring (bicyclic) bond motifs is 1. The molecule has 156 valence electrons. The van der Waals surface area contributed by atoms with E-state index in [9.17, 15) is 4.79 Å². The van der Waals surface area contributed by atoms with Gasteiger partial charge in [0.25, 0.3) is 0 Å². The maximum absolute atomic E-state index is 12.0. The summed E-state index contributed by atoms with van der Waals surface area (Å²) in [7, 11) is 1.38. The highest BCUT2D eigenvalue weighted by atomic mass is 32.1. The van der Waals surface area contributed by atoms with Crippen molar-refractivity contribution in [2.45, 2.75) is 32.6 Å². The second-order valence-electron chi connectivity index (χ2n) is 7.83. The molecule has 1 aromatic heterocycles. The summed E-state index contributed by atoms with van der Waals surface area (Å²) >= 11 is 5.67. The van der Waals surface area contributed by atoms with Gasteiger partial charge in [0.1, 0.15) is 5.82 Å². The number of ether oxygens (including phenoxy) is 1. The molecule has 3 aromatic rings. The zero-order valence-corrected chi connectivity index (χ0v) is 18.3. The van der Waals surface area contributed by atoms with Gasteiger partial charge >= 0.3 is 5.97 Å². The van der Waals surface area contributed by atoms with E-state index < -0.39 is 0 Å². The highest BCUT2D eigenvalue weighted by molar-refractivity contribution is 7.80. The number of rotatable bonds is 3. The Morgan fingerprint density at radius 3 is 2.83 bits per heavy atom. The van der Waals surface area contributed by atoms with Gasteiger partial charge in [0, 0.05) is 19.0 Å². The number of imidazole rings is 1. The molecule has 0 bridgehead atoms. The molecule has 2 heterocycles. The second-order valence-corrected chi connectivity index (χ2v) is 8.21. The van der Waals surface area contributed by atoms with Crippen molar-refractivity contribution < 1.29 is 9.53 Å². The van der Waals surface area contributed by atoms with Gasteiger partial charge in [-0.15, -0.1) is 0 Å². The van der Waals surface area contributed by atoms with Crippen molar-refractivity contribution in [3.8, 4) is 0 Å². The van der Waals surface area contributed by atoms with Crippen LogP contribution in [-0.4, -0.2) is 46.1 Å². The van der Waals surface area contributed by atoms with Crippen molar-refractivity contribution in [3.63, 3.8) is 0 Å². The van der Waals surface area contributed by atoms with E-state index in [1.54, 1.807) is 6.07 Å². The number of likely N-dealkylation sites (tertiary alicyclic amines) is 1. The summed E-state index contributed by atoms with van der Waals surface area (Å²) in [6, 6.07) is 11.5. The van der Waals surface area contributed by atoms with Gasteiger partial charge in [0.2, 0.25) is 0 Å². The Balaban J connectivity index is 1.50. The van der Waals surface area contributed by atoms with Crippen molar-refractivity contribution in [3.05, 3.63) is 58.9 Å². The average molecular weight is 423 g/mol. The minimum absolute atomic E-state index is 0.280. The number of esters is 1. The number of aromatic nitrogens is 2. The molecule has 6 nitrogen and oxygen atoms in total. The van der Waals surface area contributed by atoms with Crippen LogP contribution < -0.4 is 5.32 Å². The number of hydrogen-bond donors (Lipinski definition) is 2. The van der Waals surface area contributed by atoms with Gasteiger partial charge < -0.3 is 19.9 Å². The standard InChI is InChI=1S/C23H26N4O2S/c1-14-11-19-20(12-15(14)2)25-21(24-19)16-7-6-10-27(13-16)23(30)26-18-9-5-4-8-17(18)22(28)29-3/h4-5,8-9,11-12,16H,6-7,10,13H2,1-3H3,(H,24,25)(H,26,30)/t16-/m0/s1. The molecule has 2 N–H and O–H groups in total. The molecule has 7 heteroatoms. The number of para-hydroxylation sites is 1. The molecule has 1 aliphatic heterocycles. The summed E-state index contributed by atoms with van der Waals surface area (Å²) in [6.45, 7) is 5.89. The predicted molar refractivity (Wildman–Crippen MR) is 123 cm³/mol. The monoisotopic (exact) mass is 422 g/mol. The van der Waals surface area contributed by atoms with Crippen LogP contribution in [0.5, 0.6) is 0 Å². The Morgan fingerprint density at radius 2 is 2.03 bits per heavy atom. The summed E-state index contributed by atoms with van der Waals surface area (Å²) in [5.74, 6) is 0.908. The zero-order valence-electron chi connectivity index (χ0n) is 17.5. The van der Waals surface area contributed by atoms with E-state index in [2.05, 4.69) is 41.2 Å². The second kappa shape index (κ2) is 8.44. The Labute approximate surface area is 181 Å². The average Bonchev–Trinajstić information content (AvgIpc) is 3.16. The SMILES string of the molecule is COC(=O)c1ccccc1NC(=S)N1CCC[C@H](c2nc3cc(C)c(C)cc3[nH]2)C1. The molecule has 2 aromatic carbocycles. The lowest BCUT2D eigenvalue weighted by Gasteiger charge is -2.34. The van der Waals surface area contributed by atoms with Crippen molar-refractivity contribution >= 4 is 40.0 Å². The summed E-state index contributed by atoms with van der Waals surface area (Å²) in [5, 5.41) is 3.84. The molecule has 1 atom stereocenters. The first-order valence-corrected chi connectivity index (χ1v) is 10.6. The smallest absolute Gasteiger partial charge is 0.339 e. The topological polar surface area (TPSA) is 70.2 Å². The minimum Gasteiger partial charge on any atom is -0.465 e. The number of aromatic amines is 1. The van der Waals surface area contributed by atoms with E-state index in [0.29, 0.717) is 16.4 Å². The lowest BCUT2D eigenvalue weighted by Crippen LogP contribution is -2.41. The normalized spacial score (nSPS) is 16.5. The van der Waals surface area contributed by atoms with Crippen LogP contribution in [0.25, 0.3) is 11.0 Å². The summed E-state index contributed by atoms with van der Waals surface area (Å²) in [5.41, 5.74) is 5.74. The first kappa shape index (κ1) is 20.3. The summed E-state index contributed by atoms with van der Waals surface area (Å²) in [4.78, 5) is 22.6. The third-order valence-corrected chi connectivity index (χ3v) is 6.15. The maximum Gasteiger partial charge on any atom is 0.339 e. The van der Waals surface area contributed by atoms with Crippen LogP contribution in [-0.2, 0) is 4.74 Å². The van der Waals surface area contributed by atoms with Gasteiger partial charge in [-0.3, -0.25) is 0 Å². The summed E-state index contributed by atoms with van der Waals surface area (Å²) < 4.78 is 4.88. The molecule has 0 amide bonds. The van der Waals surface area contributed by atoms with E-state index in [0.717, 1.165) is 42.8 Å². The number of carbonyl (C=O) groups excluding carboxylic acids is 1. The van der Waals surface area contributed by atoms with Crippen LogP contribution in [0.2, 0.25) is 0 Å². The number of aryl methyl sites for hydroxylation is 2. The fourth-order valence-corrected chi connectivity index (χ4v) is 4.22. The molecular weight excluding hydrogens is 396 g/mol. The van der Waals surface area contributed by atoms with Crippen LogP contribution in [0.15, 0.2) is 36.4 Å². The van der Waals surface area contributed by atoms with E-state index in [-0.39, 0.29) is 11.9 Å². The fraction of sp³-hybridized carbons (Fsp3) is 0.348. The van der Waals surface area contributed by atoms with Gasteiger partial charge in [-0.2, -0.15) is 0 Å². The van der Waals surface area contributed by atoms with Gasteiger partial charge in [-0.25, -0.2) is 9.78 Å². The highest BCUT2D eigenvalue weighted by Gasteiger charge is 2.26. The van der Waals surface area contributed by atoms with Gasteiger partial charge in [-0.1, -0.05) is 12.1 Å². The van der Waals surface area contributed by atoms with E-state index in [1.165, 1.54) is 18.2 Å². The molecule has 4 rings (SSSR count). The van der Waals surface area contributed by atoms with E-state index in [1.807, 2.05) is 18.2 Å². The largest absolute Gasteiger partial charge is 0.465 e. The molecule has 0 saturated carbocycles. The predicted octanol–water partition coefficient (Wildman–Crippen LogP) is 4.54. The number of thiocarbonyl (C=S) groups is 1. The molecule has 0 aliphatic carbocycles. The number of hydrogen-bond acceptors (Lipinski definition) is 4. The minimum atomic E-state index is -0.384. The van der Waals surface area contributed by atoms with Crippen molar-refractivity contribution in [2.75, 3.05) is 25.5 Å². The number of H-pyrrole nitrogens is 1. The number of carbonyl (C=O) groups is 1. The number of piperidine rings is 1.